The largest absolute Gasteiger partial charge is 0.306 e. The maximum absolute atomic E-state index is 4.33. The predicted octanol–water partition coefficient (Wildman–Crippen LogP) is 4.17. The fourth-order valence-corrected chi connectivity index (χ4v) is 2.43. The van der Waals surface area contributed by atoms with Crippen LogP contribution in [-0.4, -0.2) is 4.98 Å². The second kappa shape index (κ2) is 6.19. The number of hydrogen-bond donors (Lipinski definition) is 1. The van der Waals surface area contributed by atoms with Gasteiger partial charge >= 0.3 is 0 Å². The van der Waals surface area contributed by atoms with Gasteiger partial charge in [-0.2, -0.15) is 0 Å². The Bertz CT molecular complexity index is 585. The van der Waals surface area contributed by atoms with Crippen LogP contribution in [0.5, 0.6) is 0 Å². The van der Waals surface area contributed by atoms with E-state index in [0.717, 1.165) is 12.2 Å². The molecule has 1 aromatic carbocycles. The number of nitrogens with zero attached hydrogens (tertiary/aromatic N) is 1. The molecule has 2 aromatic rings. The zero-order chi connectivity index (χ0) is 14.7. The maximum atomic E-state index is 4.33. The molecular formula is C18H24N2. The van der Waals surface area contributed by atoms with Gasteiger partial charge in [0.15, 0.2) is 0 Å². The summed E-state index contributed by atoms with van der Waals surface area (Å²) in [6, 6.07) is 9.11. The summed E-state index contributed by atoms with van der Waals surface area (Å²) in [6.07, 6.45) is 1.95. The molecule has 106 valence electrons. The molecule has 0 bridgehead atoms. The van der Waals surface area contributed by atoms with Crippen molar-refractivity contribution in [1.82, 2.24) is 10.3 Å². The average molecular weight is 268 g/mol. The Kier molecular flexibility index (Phi) is 4.56. The highest BCUT2D eigenvalue weighted by molar-refractivity contribution is 5.38. The van der Waals surface area contributed by atoms with Crippen molar-refractivity contribution in [3.8, 4) is 0 Å². The van der Waals surface area contributed by atoms with Gasteiger partial charge in [-0.25, -0.2) is 0 Å². The molecule has 0 amide bonds. The zero-order valence-corrected chi connectivity index (χ0v) is 13.1. The van der Waals surface area contributed by atoms with Gasteiger partial charge in [-0.05, 0) is 68.5 Å². The van der Waals surface area contributed by atoms with E-state index in [4.69, 9.17) is 0 Å². The normalized spacial score (nSPS) is 12.4. The van der Waals surface area contributed by atoms with Crippen LogP contribution < -0.4 is 5.32 Å². The zero-order valence-electron chi connectivity index (χ0n) is 13.1. The summed E-state index contributed by atoms with van der Waals surface area (Å²) in [6.45, 7) is 11.6. The maximum Gasteiger partial charge on any atom is 0.0372 e. The highest BCUT2D eigenvalue weighted by atomic mass is 14.9. The topological polar surface area (TPSA) is 24.9 Å². The Labute approximate surface area is 122 Å². The SMILES string of the molecule is Cc1ccc(CNC(C)c2cc(C)c(C)cc2C)cn1. The monoisotopic (exact) mass is 268 g/mol. The van der Waals surface area contributed by atoms with Crippen molar-refractivity contribution in [2.75, 3.05) is 0 Å². The summed E-state index contributed by atoms with van der Waals surface area (Å²) in [5.74, 6) is 0. The molecule has 0 radical (unpaired) electrons. The van der Waals surface area contributed by atoms with Gasteiger partial charge in [0.1, 0.15) is 0 Å². The highest BCUT2D eigenvalue weighted by Crippen LogP contribution is 2.21. The van der Waals surface area contributed by atoms with E-state index in [9.17, 15) is 0 Å². The Morgan fingerprint density at radius 1 is 1.00 bits per heavy atom. The predicted molar refractivity (Wildman–Crippen MR) is 84.9 cm³/mol. The second-order valence-electron chi connectivity index (χ2n) is 5.70. The molecule has 0 saturated carbocycles. The minimum absolute atomic E-state index is 0.343. The number of pyridine rings is 1. The van der Waals surface area contributed by atoms with Crippen LogP contribution in [0.15, 0.2) is 30.5 Å². The Hall–Kier alpha value is -1.67. The van der Waals surface area contributed by atoms with Crippen LogP contribution in [-0.2, 0) is 6.54 Å². The smallest absolute Gasteiger partial charge is 0.0372 e. The molecule has 0 aliphatic rings. The van der Waals surface area contributed by atoms with Gasteiger partial charge in [-0.15, -0.1) is 0 Å². The van der Waals surface area contributed by atoms with E-state index in [1.165, 1.54) is 27.8 Å². The van der Waals surface area contributed by atoms with Crippen molar-refractivity contribution < 1.29 is 0 Å². The first-order valence-corrected chi connectivity index (χ1v) is 7.20. The fraction of sp³-hybridized carbons (Fsp3) is 0.389. The van der Waals surface area contributed by atoms with Crippen molar-refractivity contribution in [2.45, 2.75) is 47.2 Å². The summed E-state index contributed by atoms with van der Waals surface area (Å²) in [4.78, 5) is 4.33. The first-order chi connectivity index (χ1) is 9.47. The van der Waals surface area contributed by atoms with Crippen LogP contribution >= 0.6 is 0 Å². The third-order valence-electron chi connectivity index (χ3n) is 3.93. The van der Waals surface area contributed by atoms with Crippen LogP contribution in [0.2, 0.25) is 0 Å². The Balaban J connectivity index is 2.06. The van der Waals surface area contributed by atoms with Crippen molar-refractivity contribution in [2.24, 2.45) is 0 Å². The molecule has 1 aromatic heterocycles. The number of rotatable bonds is 4. The van der Waals surface area contributed by atoms with E-state index in [1.807, 2.05) is 13.1 Å². The Morgan fingerprint density at radius 3 is 2.35 bits per heavy atom. The molecular weight excluding hydrogens is 244 g/mol. The molecule has 0 aliphatic heterocycles. The summed E-state index contributed by atoms with van der Waals surface area (Å²) in [5, 5.41) is 3.58. The van der Waals surface area contributed by atoms with E-state index >= 15 is 0 Å². The van der Waals surface area contributed by atoms with Gasteiger partial charge in [0.2, 0.25) is 0 Å². The van der Waals surface area contributed by atoms with E-state index in [2.05, 4.69) is 62.3 Å². The van der Waals surface area contributed by atoms with Crippen LogP contribution in [0, 0.1) is 27.7 Å². The van der Waals surface area contributed by atoms with Crippen LogP contribution in [0.25, 0.3) is 0 Å². The van der Waals surface area contributed by atoms with E-state index in [0.29, 0.717) is 6.04 Å². The van der Waals surface area contributed by atoms with Gasteiger partial charge in [-0.1, -0.05) is 18.2 Å². The minimum atomic E-state index is 0.343. The summed E-state index contributed by atoms with van der Waals surface area (Å²) in [5.41, 5.74) is 7.75. The quantitative estimate of drug-likeness (QED) is 0.900. The summed E-state index contributed by atoms with van der Waals surface area (Å²) in [7, 11) is 0. The molecule has 0 fully saturated rings. The van der Waals surface area contributed by atoms with Crippen molar-refractivity contribution in [3.05, 3.63) is 64.0 Å². The number of aryl methyl sites for hydroxylation is 4. The molecule has 1 atom stereocenters. The molecule has 2 heteroatoms. The van der Waals surface area contributed by atoms with Crippen molar-refractivity contribution in [3.63, 3.8) is 0 Å². The third-order valence-corrected chi connectivity index (χ3v) is 3.93. The number of benzene rings is 1. The van der Waals surface area contributed by atoms with Gasteiger partial charge in [0.25, 0.3) is 0 Å². The van der Waals surface area contributed by atoms with Gasteiger partial charge in [-0.3, -0.25) is 4.98 Å². The van der Waals surface area contributed by atoms with Gasteiger partial charge in [0, 0.05) is 24.5 Å². The third kappa shape index (κ3) is 3.45. The van der Waals surface area contributed by atoms with E-state index < -0.39 is 0 Å². The minimum Gasteiger partial charge on any atom is -0.306 e. The lowest BCUT2D eigenvalue weighted by molar-refractivity contribution is 0.571. The molecule has 1 unspecified atom stereocenters. The lowest BCUT2D eigenvalue weighted by Crippen LogP contribution is -2.19. The van der Waals surface area contributed by atoms with Crippen molar-refractivity contribution >= 4 is 0 Å². The Morgan fingerprint density at radius 2 is 1.70 bits per heavy atom. The molecule has 1 heterocycles. The van der Waals surface area contributed by atoms with Crippen molar-refractivity contribution in [1.29, 1.82) is 0 Å². The van der Waals surface area contributed by atoms with Crippen LogP contribution in [0.1, 0.15) is 46.5 Å². The molecule has 0 saturated heterocycles. The lowest BCUT2D eigenvalue weighted by atomic mass is 9.96. The number of nitrogens with one attached hydrogen (secondary N) is 1. The number of hydrogen-bond acceptors (Lipinski definition) is 2. The average Bonchev–Trinajstić information content (AvgIpc) is 2.42. The summed E-state index contributed by atoms with van der Waals surface area (Å²) < 4.78 is 0. The lowest BCUT2D eigenvalue weighted by Gasteiger charge is -2.18. The van der Waals surface area contributed by atoms with Crippen LogP contribution in [0.4, 0.5) is 0 Å². The molecule has 1 N–H and O–H groups in total. The standard InChI is InChI=1S/C18H24N2/c1-12-8-14(3)18(9-13(12)2)16(5)20-11-17-7-6-15(4)19-10-17/h6-10,16,20H,11H2,1-5H3. The second-order valence-corrected chi connectivity index (χ2v) is 5.70. The summed E-state index contributed by atoms with van der Waals surface area (Å²) >= 11 is 0. The van der Waals surface area contributed by atoms with E-state index in [-0.39, 0.29) is 0 Å². The van der Waals surface area contributed by atoms with Gasteiger partial charge in [0.05, 0.1) is 0 Å². The first-order valence-electron chi connectivity index (χ1n) is 7.20. The molecule has 20 heavy (non-hydrogen) atoms. The van der Waals surface area contributed by atoms with Gasteiger partial charge < -0.3 is 5.32 Å². The molecule has 0 aliphatic carbocycles. The molecule has 0 spiro atoms. The van der Waals surface area contributed by atoms with E-state index in [1.54, 1.807) is 0 Å². The number of aromatic nitrogens is 1. The molecule has 2 nitrogen and oxygen atoms in total. The fourth-order valence-electron chi connectivity index (χ4n) is 2.43. The first kappa shape index (κ1) is 14.7. The van der Waals surface area contributed by atoms with Crippen LogP contribution in [0.3, 0.4) is 0 Å². The molecule has 2 rings (SSSR count). The highest BCUT2D eigenvalue weighted by Gasteiger charge is 2.09.